The van der Waals surface area contributed by atoms with Gasteiger partial charge < -0.3 is 10.3 Å². The number of aromatic amines is 1. The van der Waals surface area contributed by atoms with E-state index < -0.39 is 0 Å². The molecule has 1 saturated carbocycles. The predicted molar refractivity (Wildman–Crippen MR) is 52.2 cm³/mol. The van der Waals surface area contributed by atoms with E-state index in [0.717, 1.165) is 24.9 Å². The maximum atomic E-state index is 3.97. The zero-order valence-electron chi connectivity index (χ0n) is 8.09. The Morgan fingerprint density at radius 1 is 1.69 bits per heavy atom. The van der Waals surface area contributed by atoms with Crippen molar-refractivity contribution in [1.29, 1.82) is 0 Å². The number of nitrogens with one attached hydrogen (secondary N) is 2. The lowest BCUT2D eigenvalue weighted by atomic mass is 10.1. The van der Waals surface area contributed by atoms with Crippen molar-refractivity contribution < 1.29 is 0 Å². The average molecular weight is 179 g/mol. The molecule has 2 N–H and O–H groups in total. The standard InChI is InChI=1S/C10H17N3/c1-8(9-2-3-9)4-11-5-10-6-12-7-13-10/h6-9,11H,2-5H2,1H3,(H,12,13). The zero-order chi connectivity index (χ0) is 9.10. The van der Waals surface area contributed by atoms with E-state index in [9.17, 15) is 0 Å². The zero-order valence-corrected chi connectivity index (χ0v) is 8.09. The fourth-order valence-corrected chi connectivity index (χ4v) is 1.65. The summed E-state index contributed by atoms with van der Waals surface area (Å²) < 4.78 is 0. The molecule has 1 heterocycles. The molecule has 1 fully saturated rings. The molecule has 0 spiro atoms. The number of hydrogen-bond donors (Lipinski definition) is 2. The Labute approximate surface area is 79.0 Å². The van der Waals surface area contributed by atoms with Gasteiger partial charge in [-0.05, 0) is 31.2 Å². The first-order valence-electron chi connectivity index (χ1n) is 5.04. The van der Waals surface area contributed by atoms with E-state index in [4.69, 9.17) is 0 Å². The lowest BCUT2D eigenvalue weighted by Gasteiger charge is -2.10. The lowest BCUT2D eigenvalue weighted by Crippen LogP contribution is -2.21. The maximum absolute atomic E-state index is 3.97. The van der Waals surface area contributed by atoms with Gasteiger partial charge in [0.2, 0.25) is 0 Å². The van der Waals surface area contributed by atoms with Gasteiger partial charge in [-0.25, -0.2) is 4.98 Å². The molecule has 0 amide bonds. The minimum atomic E-state index is 0.836. The largest absolute Gasteiger partial charge is 0.347 e. The van der Waals surface area contributed by atoms with Gasteiger partial charge in [-0.2, -0.15) is 0 Å². The Kier molecular flexibility index (Phi) is 2.64. The second kappa shape index (κ2) is 3.92. The minimum absolute atomic E-state index is 0.836. The summed E-state index contributed by atoms with van der Waals surface area (Å²) in [5, 5.41) is 3.44. The molecule has 0 bridgehead atoms. The summed E-state index contributed by atoms with van der Waals surface area (Å²) in [5.74, 6) is 1.83. The van der Waals surface area contributed by atoms with Crippen molar-refractivity contribution >= 4 is 0 Å². The number of nitrogens with zero attached hydrogens (tertiary/aromatic N) is 1. The van der Waals surface area contributed by atoms with Crippen LogP contribution in [0.3, 0.4) is 0 Å². The van der Waals surface area contributed by atoms with E-state index >= 15 is 0 Å². The summed E-state index contributed by atoms with van der Waals surface area (Å²) in [6.45, 7) is 4.37. The first kappa shape index (κ1) is 8.75. The molecule has 1 aliphatic rings. The van der Waals surface area contributed by atoms with Crippen molar-refractivity contribution in [3.63, 3.8) is 0 Å². The fourth-order valence-electron chi connectivity index (χ4n) is 1.65. The quantitative estimate of drug-likeness (QED) is 0.720. The fraction of sp³-hybridized carbons (Fsp3) is 0.700. The molecule has 1 aliphatic carbocycles. The first-order chi connectivity index (χ1) is 6.36. The molecular formula is C10H17N3. The van der Waals surface area contributed by atoms with Crippen LogP contribution in [0.1, 0.15) is 25.5 Å². The molecule has 72 valence electrons. The van der Waals surface area contributed by atoms with Crippen molar-refractivity contribution in [2.24, 2.45) is 11.8 Å². The lowest BCUT2D eigenvalue weighted by molar-refractivity contribution is 0.460. The van der Waals surface area contributed by atoms with Crippen LogP contribution in [0.15, 0.2) is 12.5 Å². The molecule has 2 rings (SSSR count). The highest BCUT2D eigenvalue weighted by Gasteiger charge is 2.27. The molecule has 13 heavy (non-hydrogen) atoms. The van der Waals surface area contributed by atoms with E-state index in [0.29, 0.717) is 0 Å². The molecule has 1 atom stereocenters. The third-order valence-electron chi connectivity index (χ3n) is 2.76. The van der Waals surface area contributed by atoms with Crippen LogP contribution in [0.5, 0.6) is 0 Å². The average Bonchev–Trinajstić information content (AvgIpc) is 2.86. The maximum Gasteiger partial charge on any atom is 0.0922 e. The summed E-state index contributed by atoms with van der Waals surface area (Å²) in [6, 6.07) is 0. The molecule has 0 aromatic carbocycles. The highest BCUT2D eigenvalue weighted by Crippen LogP contribution is 2.35. The van der Waals surface area contributed by atoms with Crippen LogP contribution < -0.4 is 5.32 Å². The van der Waals surface area contributed by atoms with Gasteiger partial charge in [-0.3, -0.25) is 0 Å². The Bertz CT molecular complexity index is 239. The summed E-state index contributed by atoms with van der Waals surface area (Å²) in [4.78, 5) is 7.05. The highest BCUT2D eigenvalue weighted by atomic mass is 14.9. The number of H-pyrrole nitrogens is 1. The molecule has 3 heteroatoms. The number of aromatic nitrogens is 2. The summed E-state index contributed by atoms with van der Waals surface area (Å²) in [7, 11) is 0. The molecule has 0 aliphatic heterocycles. The van der Waals surface area contributed by atoms with Gasteiger partial charge in [0.05, 0.1) is 6.33 Å². The number of rotatable bonds is 5. The van der Waals surface area contributed by atoms with Crippen LogP contribution in [-0.4, -0.2) is 16.5 Å². The van der Waals surface area contributed by atoms with E-state index in [1.54, 1.807) is 6.33 Å². The van der Waals surface area contributed by atoms with Crippen molar-refractivity contribution in [1.82, 2.24) is 15.3 Å². The van der Waals surface area contributed by atoms with Crippen LogP contribution in [0, 0.1) is 11.8 Å². The second-order valence-corrected chi connectivity index (χ2v) is 4.02. The Hall–Kier alpha value is -0.830. The molecule has 0 saturated heterocycles. The Morgan fingerprint density at radius 3 is 3.15 bits per heavy atom. The van der Waals surface area contributed by atoms with E-state index in [-0.39, 0.29) is 0 Å². The number of imidazole rings is 1. The van der Waals surface area contributed by atoms with E-state index in [1.165, 1.54) is 18.5 Å². The number of hydrogen-bond acceptors (Lipinski definition) is 2. The topological polar surface area (TPSA) is 40.7 Å². The molecule has 3 nitrogen and oxygen atoms in total. The summed E-state index contributed by atoms with van der Waals surface area (Å²) in [5.41, 5.74) is 1.17. The monoisotopic (exact) mass is 179 g/mol. The smallest absolute Gasteiger partial charge is 0.0922 e. The van der Waals surface area contributed by atoms with Crippen molar-refractivity contribution in [3.8, 4) is 0 Å². The van der Waals surface area contributed by atoms with Crippen LogP contribution in [0.4, 0.5) is 0 Å². The van der Waals surface area contributed by atoms with Crippen molar-refractivity contribution in [2.45, 2.75) is 26.3 Å². The van der Waals surface area contributed by atoms with Gasteiger partial charge in [0.1, 0.15) is 0 Å². The van der Waals surface area contributed by atoms with Crippen LogP contribution in [0.2, 0.25) is 0 Å². The highest BCUT2D eigenvalue weighted by molar-refractivity contribution is 4.93. The van der Waals surface area contributed by atoms with Gasteiger partial charge in [-0.15, -0.1) is 0 Å². The third kappa shape index (κ3) is 2.56. The molecular weight excluding hydrogens is 162 g/mol. The molecule has 1 aromatic rings. The predicted octanol–water partition coefficient (Wildman–Crippen LogP) is 1.55. The summed E-state index contributed by atoms with van der Waals surface area (Å²) >= 11 is 0. The van der Waals surface area contributed by atoms with Crippen LogP contribution in [-0.2, 0) is 6.54 Å². The minimum Gasteiger partial charge on any atom is -0.347 e. The SMILES string of the molecule is CC(CNCc1cnc[nH]1)C1CC1. The third-order valence-corrected chi connectivity index (χ3v) is 2.76. The van der Waals surface area contributed by atoms with Crippen LogP contribution >= 0.6 is 0 Å². The van der Waals surface area contributed by atoms with Crippen LogP contribution in [0.25, 0.3) is 0 Å². The van der Waals surface area contributed by atoms with Gasteiger partial charge in [-0.1, -0.05) is 6.92 Å². The van der Waals surface area contributed by atoms with Crippen molar-refractivity contribution in [3.05, 3.63) is 18.2 Å². The summed E-state index contributed by atoms with van der Waals surface area (Å²) in [6.07, 6.45) is 6.47. The molecule has 0 radical (unpaired) electrons. The van der Waals surface area contributed by atoms with Gasteiger partial charge >= 0.3 is 0 Å². The van der Waals surface area contributed by atoms with Crippen molar-refractivity contribution in [2.75, 3.05) is 6.54 Å². The first-order valence-corrected chi connectivity index (χ1v) is 5.04. The van der Waals surface area contributed by atoms with E-state index in [2.05, 4.69) is 22.2 Å². The normalized spacial score (nSPS) is 18.8. The molecule has 1 unspecified atom stereocenters. The second-order valence-electron chi connectivity index (χ2n) is 4.02. The Balaban J connectivity index is 1.63. The Morgan fingerprint density at radius 2 is 2.54 bits per heavy atom. The van der Waals surface area contributed by atoms with Gasteiger partial charge in [0, 0.05) is 18.4 Å². The van der Waals surface area contributed by atoms with Gasteiger partial charge in [0.15, 0.2) is 0 Å². The van der Waals surface area contributed by atoms with Gasteiger partial charge in [0.25, 0.3) is 0 Å². The molecule has 1 aromatic heterocycles. The van der Waals surface area contributed by atoms with E-state index in [1.807, 2.05) is 6.20 Å².